The van der Waals surface area contributed by atoms with E-state index in [9.17, 15) is 4.79 Å². The van der Waals surface area contributed by atoms with Gasteiger partial charge in [-0.25, -0.2) is 5.01 Å². The minimum absolute atomic E-state index is 0.114. The summed E-state index contributed by atoms with van der Waals surface area (Å²) in [6.45, 7) is 4.49. The van der Waals surface area contributed by atoms with E-state index in [4.69, 9.17) is 4.74 Å². The van der Waals surface area contributed by atoms with E-state index in [1.165, 1.54) is 6.08 Å². The summed E-state index contributed by atoms with van der Waals surface area (Å²) in [6.07, 6.45) is 1.29. The first-order chi connectivity index (χ1) is 5.63. The Kier molecular flexibility index (Phi) is 5.32. The van der Waals surface area contributed by atoms with E-state index < -0.39 is 0 Å². The van der Waals surface area contributed by atoms with Crippen LogP contribution < -0.4 is 0 Å². The Labute approximate surface area is 73.4 Å². The van der Waals surface area contributed by atoms with Crippen molar-refractivity contribution in [3.05, 3.63) is 12.7 Å². The van der Waals surface area contributed by atoms with E-state index in [1.807, 2.05) is 0 Å². The van der Waals surface area contributed by atoms with Crippen LogP contribution in [0.1, 0.15) is 0 Å². The van der Waals surface area contributed by atoms with E-state index in [0.717, 1.165) is 0 Å². The molecule has 0 N–H and O–H groups in total. The van der Waals surface area contributed by atoms with Crippen LogP contribution in [-0.2, 0) is 9.53 Å². The maximum atomic E-state index is 11.2. The number of rotatable bonds is 5. The van der Waals surface area contributed by atoms with E-state index in [1.54, 1.807) is 31.2 Å². The van der Waals surface area contributed by atoms with Crippen molar-refractivity contribution in [1.29, 1.82) is 0 Å². The molecule has 0 aromatic carbocycles. The van der Waals surface area contributed by atoms with Crippen molar-refractivity contribution in [2.45, 2.75) is 0 Å². The summed E-state index contributed by atoms with van der Waals surface area (Å²) in [7, 11) is 5.21. The number of hydrogen-bond donors (Lipinski definition) is 0. The Morgan fingerprint density at radius 3 is 2.50 bits per heavy atom. The maximum absolute atomic E-state index is 11.2. The third-order valence-electron chi connectivity index (χ3n) is 1.42. The highest BCUT2D eigenvalue weighted by molar-refractivity contribution is 5.86. The van der Waals surface area contributed by atoms with Gasteiger partial charge in [-0.05, 0) is 6.08 Å². The van der Waals surface area contributed by atoms with Crippen LogP contribution >= 0.6 is 0 Å². The Hall–Kier alpha value is -0.870. The number of carbonyl (C=O) groups excluding carboxylic acids is 1. The smallest absolute Gasteiger partial charge is 0.260 e. The highest BCUT2D eigenvalue weighted by Gasteiger charge is 2.10. The monoisotopic (exact) mass is 172 g/mol. The van der Waals surface area contributed by atoms with Crippen molar-refractivity contribution in [3.8, 4) is 0 Å². The van der Waals surface area contributed by atoms with Crippen LogP contribution in [0.4, 0.5) is 0 Å². The summed E-state index contributed by atoms with van der Waals surface area (Å²) in [5.74, 6) is -0.114. The van der Waals surface area contributed by atoms with Crippen molar-refractivity contribution in [2.24, 2.45) is 0 Å². The molecule has 0 bridgehead atoms. The first-order valence-corrected chi connectivity index (χ1v) is 3.73. The van der Waals surface area contributed by atoms with Crippen molar-refractivity contribution in [2.75, 3.05) is 34.4 Å². The standard InChI is InChI=1S/C8H16N2O2/c1-5-8(11)10(9(2)3)6-7-12-4/h5H,1,6-7H2,2-4H3. The van der Waals surface area contributed by atoms with E-state index in [0.29, 0.717) is 13.2 Å². The van der Waals surface area contributed by atoms with Crippen LogP contribution in [0.2, 0.25) is 0 Å². The molecule has 0 aromatic rings. The number of hydrogen-bond acceptors (Lipinski definition) is 3. The summed E-state index contributed by atoms with van der Waals surface area (Å²) >= 11 is 0. The zero-order valence-electron chi connectivity index (χ0n) is 7.91. The number of hydrazine groups is 1. The molecular weight excluding hydrogens is 156 g/mol. The molecule has 0 aliphatic rings. The van der Waals surface area contributed by atoms with Crippen molar-refractivity contribution >= 4 is 5.91 Å². The molecule has 0 spiro atoms. The molecule has 0 radical (unpaired) electrons. The molecule has 4 heteroatoms. The molecule has 4 nitrogen and oxygen atoms in total. The molecule has 0 fully saturated rings. The summed E-state index contributed by atoms with van der Waals surface area (Å²) in [5.41, 5.74) is 0. The molecule has 0 saturated heterocycles. The summed E-state index contributed by atoms with van der Waals surface area (Å²) < 4.78 is 4.86. The average molecular weight is 172 g/mol. The lowest BCUT2D eigenvalue weighted by Gasteiger charge is -2.27. The minimum Gasteiger partial charge on any atom is -0.383 e. The van der Waals surface area contributed by atoms with Crippen molar-refractivity contribution < 1.29 is 9.53 Å². The quantitative estimate of drug-likeness (QED) is 0.436. The van der Waals surface area contributed by atoms with Gasteiger partial charge in [0.1, 0.15) is 0 Å². The molecule has 0 unspecified atom stereocenters. The lowest BCUT2D eigenvalue weighted by atomic mass is 10.5. The number of methoxy groups -OCH3 is 1. The van der Waals surface area contributed by atoms with Gasteiger partial charge < -0.3 is 4.74 Å². The van der Waals surface area contributed by atoms with Gasteiger partial charge >= 0.3 is 0 Å². The molecule has 0 atom stereocenters. The fourth-order valence-electron chi connectivity index (χ4n) is 0.790. The van der Waals surface area contributed by atoms with Crippen LogP contribution in [-0.4, -0.2) is 50.3 Å². The third kappa shape index (κ3) is 3.50. The second kappa shape index (κ2) is 5.74. The lowest BCUT2D eigenvalue weighted by molar-refractivity contribution is -0.140. The van der Waals surface area contributed by atoms with Crippen molar-refractivity contribution in [3.63, 3.8) is 0 Å². The number of carbonyl (C=O) groups is 1. The second-order valence-corrected chi connectivity index (χ2v) is 2.51. The Morgan fingerprint density at radius 2 is 2.17 bits per heavy atom. The Bertz CT molecular complexity index is 157. The summed E-state index contributed by atoms with van der Waals surface area (Å²) in [6, 6.07) is 0. The van der Waals surface area contributed by atoms with Crippen LogP contribution in [0.5, 0.6) is 0 Å². The SMILES string of the molecule is C=CC(=O)N(CCOC)N(C)C. The van der Waals surface area contributed by atoms with Gasteiger partial charge in [-0.15, -0.1) is 0 Å². The second-order valence-electron chi connectivity index (χ2n) is 2.51. The zero-order chi connectivity index (χ0) is 9.56. The summed E-state index contributed by atoms with van der Waals surface area (Å²) in [5, 5.41) is 3.26. The molecule has 0 rings (SSSR count). The van der Waals surface area contributed by atoms with Crippen LogP contribution in [0, 0.1) is 0 Å². The van der Waals surface area contributed by atoms with Gasteiger partial charge in [-0.2, -0.15) is 0 Å². The molecular formula is C8H16N2O2. The van der Waals surface area contributed by atoms with Gasteiger partial charge in [-0.3, -0.25) is 9.80 Å². The molecule has 0 aliphatic carbocycles. The van der Waals surface area contributed by atoms with Gasteiger partial charge in [-0.1, -0.05) is 6.58 Å². The number of ether oxygens (including phenoxy) is 1. The molecule has 1 amide bonds. The number of amides is 1. The van der Waals surface area contributed by atoms with Gasteiger partial charge in [0.15, 0.2) is 0 Å². The molecule has 0 heterocycles. The first kappa shape index (κ1) is 11.1. The van der Waals surface area contributed by atoms with Crippen molar-refractivity contribution in [1.82, 2.24) is 10.0 Å². The van der Waals surface area contributed by atoms with Crippen LogP contribution in [0.15, 0.2) is 12.7 Å². The van der Waals surface area contributed by atoms with Gasteiger partial charge in [0.05, 0.1) is 13.2 Å². The molecule has 12 heavy (non-hydrogen) atoms. The predicted octanol–water partition coefficient (Wildman–Crippen LogP) is 0.124. The van der Waals surface area contributed by atoms with E-state index in [-0.39, 0.29) is 5.91 Å². The van der Waals surface area contributed by atoms with E-state index >= 15 is 0 Å². The molecule has 0 aromatic heterocycles. The topological polar surface area (TPSA) is 32.8 Å². The fourth-order valence-corrected chi connectivity index (χ4v) is 0.790. The zero-order valence-corrected chi connectivity index (χ0v) is 7.91. The highest BCUT2D eigenvalue weighted by Crippen LogP contribution is 1.93. The molecule has 0 saturated carbocycles. The fraction of sp³-hybridized carbons (Fsp3) is 0.625. The van der Waals surface area contributed by atoms with E-state index in [2.05, 4.69) is 6.58 Å². The maximum Gasteiger partial charge on any atom is 0.260 e. The van der Waals surface area contributed by atoms with Crippen LogP contribution in [0.25, 0.3) is 0 Å². The normalized spacial score (nSPS) is 10.0. The third-order valence-corrected chi connectivity index (χ3v) is 1.42. The van der Waals surface area contributed by atoms with Gasteiger partial charge in [0.25, 0.3) is 5.91 Å². The van der Waals surface area contributed by atoms with Crippen LogP contribution in [0.3, 0.4) is 0 Å². The molecule has 70 valence electrons. The molecule has 0 aliphatic heterocycles. The average Bonchev–Trinajstić information content (AvgIpc) is 2.04. The Morgan fingerprint density at radius 1 is 1.58 bits per heavy atom. The minimum atomic E-state index is -0.114. The lowest BCUT2D eigenvalue weighted by Crippen LogP contribution is -2.42. The summed E-state index contributed by atoms with van der Waals surface area (Å²) in [4.78, 5) is 11.2. The van der Waals surface area contributed by atoms with Gasteiger partial charge in [0.2, 0.25) is 0 Å². The van der Waals surface area contributed by atoms with Gasteiger partial charge in [0, 0.05) is 21.2 Å². The highest BCUT2D eigenvalue weighted by atomic mass is 16.5. The predicted molar refractivity (Wildman–Crippen MR) is 47.5 cm³/mol. The largest absolute Gasteiger partial charge is 0.383 e. The Balaban J connectivity index is 4.03. The first-order valence-electron chi connectivity index (χ1n) is 3.73. The number of nitrogens with zero attached hydrogens (tertiary/aromatic N) is 2.